The topological polar surface area (TPSA) is 241 Å². The number of rotatable bonds is 7. The molecule has 2 amide bonds. The van der Waals surface area contributed by atoms with E-state index in [-0.39, 0.29) is 83.3 Å². The number of aryl methyl sites for hydroxylation is 1. The predicted octanol–water partition coefficient (Wildman–Crippen LogP) is 5.04. The zero-order chi connectivity index (χ0) is 39.6. The van der Waals surface area contributed by atoms with E-state index in [2.05, 4.69) is 20.4 Å². The Kier molecular flexibility index (Phi) is 11.4. The van der Waals surface area contributed by atoms with Crippen molar-refractivity contribution in [3.05, 3.63) is 77.2 Å². The van der Waals surface area contributed by atoms with Gasteiger partial charge in [0.25, 0.3) is 22.9 Å². The van der Waals surface area contributed by atoms with Crippen LogP contribution in [0.1, 0.15) is 32.7 Å². The number of carbonyl (C=O) groups excluding carboxylic acids is 4. The molecule has 18 nitrogen and oxygen atoms in total. The fraction of sp³-hybridized carbons (Fsp3) is 0.188. The van der Waals surface area contributed by atoms with Crippen LogP contribution in [0.5, 0.6) is 23.3 Å². The number of carbonyl (C=O) groups is 4. The van der Waals surface area contributed by atoms with Crippen molar-refractivity contribution >= 4 is 92.6 Å². The van der Waals surface area contributed by atoms with Crippen molar-refractivity contribution in [2.24, 2.45) is 17.3 Å². The standard InChI is InChI=1S/C17H13Cl2N5O4.C15H9Cl2N5O4/c1-8(2)23-16(6-14(26)22-23)28-17-10(18)3-9(4-11(17)19)24-15(27)5-13(25)12(7-20)21-24;1-21-14(5-12(24)20-21)26-15-8(16)2-7(3-9(15)17)22-13(25)4-11(23)10(6-18)19-22/h3-4,6,8H,5H2,1-2H3,(H,22,26);2-3,5H,4H2,1H3,(H,20,24). The molecule has 2 aromatic heterocycles. The van der Waals surface area contributed by atoms with Crippen molar-refractivity contribution < 1.29 is 28.7 Å². The van der Waals surface area contributed by atoms with Gasteiger partial charge in [0.05, 0.1) is 56.4 Å². The summed E-state index contributed by atoms with van der Waals surface area (Å²) in [6, 6.07) is 11.1. The number of nitrogens with one attached hydrogen (secondary N) is 2. The first kappa shape index (κ1) is 39.0. The monoisotopic (exact) mass is 814 g/mol. The van der Waals surface area contributed by atoms with Gasteiger partial charge < -0.3 is 9.47 Å². The van der Waals surface area contributed by atoms with Crippen molar-refractivity contribution in [1.29, 1.82) is 10.5 Å². The third-order valence-electron chi connectivity index (χ3n) is 7.21. The molecule has 0 bridgehead atoms. The number of hydrogen-bond donors (Lipinski definition) is 2. The summed E-state index contributed by atoms with van der Waals surface area (Å²) in [7, 11) is 1.56. The maximum Gasteiger partial charge on any atom is 0.268 e. The summed E-state index contributed by atoms with van der Waals surface area (Å²) >= 11 is 24.9. The van der Waals surface area contributed by atoms with E-state index in [4.69, 9.17) is 66.4 Å². The van der Waals surface area contributed by atoms with Crippen LogP contribution in [0, 0.1) is 22.7 Å². The molecule has 0 atom stereocenters. The Labute approximate surface area is 322 Å². The number of hydrazone groups is 2. The minimum Gasteiger partial charge on any atom is -0.436 e. The van der Waals surface area contributed by atoms with E-state index in [0.717, 1.165) is 10.0 Å². The predicted molar refractivity (Wildman–Crippen MR) is 195 cm³/mol. The number of hydrogen-bond acceptors (Lipinski definition) is 12. The molecule has 54 heavy (non-hydrogen) atoms. The highest BCUT2D eigenvalue weighted by molar-refractivity contribution is 6.51. The third kappa shape index (κ3) is 8.22. The number of amides is 2. The zero-order valence-corrected chi connectivity index (χ0v) is 30.8. The smallest absolute Gasteiger partial charge is 0.268 e. The number of nitriles is 2. The van der Waals surface area contributed by atoms with Gasteiger partial charge in [0.1, 0.15) is 12.1 Å². The SMILES string of the molecule is CC(C)n1[nH]c(=O)cc1Oc1c(Cl)cc(N2N=C(C#N)C(=O)CC2=O)cc1Cl.Cn1[nH]c(=O)cc1Oc1c(Cl)cc(N2N=C(C#N)C(=O)CC2=O)cc1Cl. The van der Waals surface area contributed by atoms with Crippen LogP contribution >= 0.6 is 46.4 Å². The highest BCUT2D eigenvalue weighted by atomic mass is 35.5. The quantitative estimate of drug-likeness (QED) is 0.236. The largest absolute Gasteiger partial charge is 0.436 e. The van der Waals surface area contributed by atoms with Gasteiger partial charge in [-0.3, -0.25) is 48.3 Å². The van der Waals surface area contributed by atoms with Crippen LogP contribution in [0.2, 0.25) is 20.1 Å². The number of aromatic amines is 2. The van der Waals surface area contributed by atoms with Gasteiger partial charge in [0.2, 0.25) is 34.7 Å². The highest BCUT2D eigenvalue weighted by Crippen LogP contribution is 2.41. The first-order valence-corrected chi connectivity index (χ1v) is 16.6. The molecule has 22 heteroatoms. The van der Waals surface area contributed by atoms with Gasteiger partial charge in [-0.25, -0.2) is 0 Å². The van der Waals surface area contributed by atoms with E-state index in [0.29, 0.717) is 0 Å². The molecule has 0 fully saturated rings. The van der Waals surface area contributed by atoms with Gasteiger partial charge in [-0.05, 0) is 38.1 Å². The third-order valence-corrected chi connectivity index (χ3v) is 8.33. The summed E-state index contributed by atoms with van der Waals surface area (Å²) in [6.45, 7) is 3.70. The Morgan fingerprint density at radius 1 is 0.667 bits per heavy atom. The number of nitrogens with zero attached hydrogens (tertiary/aromatic N) is 8. The fourth-order valence-electron chi connectivity index (χ4n) is 4.74. The van der Waals surface area contributed by atoms with Crippen LogP contribution in [0.25, 0.3) is 0 Å². The lowest BCUT2D eigenvalue weighted by Gasteiger charge is -2.22. The molecule has 0 unspecified atom stereocenters. The molecular weight excluding hydrogens is 794 g/mol. The van der Waals surface area contributed by atoms with E-state index < -0.39 is 36.2 Å². The number of halogens is 4. The molecule has 6 rings (SSSR count). The van der Waals surface area contributed by atoms with Crippen LogP contribution in [-0.2, 0) is 26.2 Å². The van der Waals surface area contributed by atoms with Crippen molar-refractivity contribution in [3.63, 3.8) is 0 Å². The first-order valence-electron chi connectivity index (χ1n) is 15.1. The Hall–Kier alpha value is -6.18. The summed E-state index contributed by atoms with van der Waals surface area (Å²) in [5.74, 6) is -2.02. The Bertz CT molecular complexity index is 2470. The van der Waals surface area contributed by atoms with Crippen LogP contribution in [0.15, 0.2) is 56.2 Å². The van der Waals surface area contributed by atoms with Gasteiger partial charge in [-0.15, -0.1) is 0 Å². The first-order chi connectivity index (χ1) is 25.5. The maximum absolute atomic E-state index is 12.1. The molecule has 0 radical (unpaired) electrons. The summed E-state index contributed by atoms with van der Waals surface area (Å²) in [6.07, 6.45) is -0.963. The molecule has 4 aromatic rings. The van der Waals surface area contributed by atoms with Gasteiger partial charge in [-0.2, -0.15) is 30.7 Å². The normalized spacial score (nSPS) is 14.3. The summed E-state index contributed by atoms with van der Waals surface area (Å²) in [4.78, 5) is 70.2. The molecule has 0 aliphatic carbocycles. The number of aromatic nitrogens is 4. The lowest BCUT2D eigenvalue weighted by atomic mass is 10.1. The van der Waals surface area contributed by atoms with E-state index in [1.54, 1.807) is 19.2 Å². The average molecular weight is 816 g/mol. The number of ketones is 2. The Morgan fingerprint density at radius 2 is 1.06 bits per heavy atom. The van der Waals surface area contributed by atoms with Crippen molar-refractivity contribution in [3.8, 4) is 35.4 Å². The molecule has 2 aliphatic rings. The Balaban J connectivity index is 0.000000208. The summed E-state index contributed by atoms with van der Waals surface area (Å²) in [5.41, 5.74) is -1.16. The minimum atomic E-state index is -0.653. The number of benzene rings is 2. The zero-order valence-electron chi connectivity index (χ0n) is 27.8. The number of Topliss-reactive ketones (excluding diaryl/α,β-unsaturated/α-hetero) is 2. The number of anilines is 2. The molecule has 0 spiro atoms. The van der Waals surface area contributed by atoms with Crippen LogP contribution < -0.4 is 30.6 Å². The van der Waals surface area contributed by atoms with Crippen molar-refractivity contribution in [1.82, 2.24) is 19.6 Å². The van der Waals surface area contributed by atoms with E-state index in [1.807, 2.05) is 13.8 Å². The van der Waals surface area contributed by atoms with Gasteiger partial charge in [0.15, 0.2) is 11.5 Å². The molecule has 2 N–H and O–H groups in total. The van der Waals surface area contributed by atoms with Gasteiger partial charge in [-0.1, -0.05) is 46.4 Å². The molecule has 0 saturated heterocycles. The highest BCUT2D eigenvalue weighted by Gasteiger charge is 2.31. The number of ether oxygens (including phenoxy) is 2. The second-order valence-electron chi connectivity index (χ2n) is 11.4. The molecule has 2 aliphatic heterocycles. The van der Waals surface area contributed by atoms with Crippen LogP contribution in [0.4, 0.5) is 11.4 Å². The van der Waals surface area contributed by atoms with Gasteiger partial charge in [0, 0.05) is 13.1 Å². The second-order valence-corrected chi connectivity index (χ2v) is 13.0. The summed E-state index contributed by atoms with van der Waals surface area (Å²) in [5, 5.41) is 32.4. The summed E-state index contributed by atoms with van der Waals surface area (Å²) < 4.78 is 14.1. The van der Waals surface area contributed by atoms with Gasteiger partial charge >= 0.3 is 0 Å². The van der Waals surface area contributed by atoms with E-state index in [9.17, 15) is 28.8 Å². The lowest BCUT2D eigenvalue weighted by molar-refractivity contribution is -0.126. The van der Waals surface area contributed by atoms with Crippen LogP contribution in [-0.4, -0.2) is 54.4 Å². The second kappa shape index (κ2) is 15.8. The van der Waals surface area contributed by atoms with Crippen molar-refractivity contribution in [2.45, 2.75) is 32.7 Å². The van der Waals surface area contributed by atoms with E-state index >= 15 is 0 Å². The minimum absolute atomic E-state index is 0.0413. The van der Waals surface area contributed by atoms with E-state index in [1.165, 1.54) is 45.8 Å². The molecule has 4 heterocycles. The van der Waals surface area contributed by atoms with Crippen LogP contribution in [0.3, 0.4) is 0 Å². The molecule has 2 aromatic carbocycles. The average Bonchev–Trinajstić information content (AvgIpc) is 3.63. The number of H-pyrrole nitrogens is 2. The molecular formula is C32H22Cl4N10O8. The molecule has 276 valence electrons. The fourth-order valence-corrected chi connectivity index (χ4v) is 5.84. The Morgan fingerprint density at radius 3 is 1.43 bits per heavy atom. The lowest BCUT2D eigenvalue weighted by Crippen LogP contribution is -2.36. The molecule has 0 saturated carbocycles. The van der Waals surface area contributed by atoms with Crippen molar-refractivity contribution in [2.75, 3.05) is 10.0 Å². The maximum atomic E-state index is 12.1.